The highest BCUT2D eigenvalue weighted by molar-refractivity contribution is 7.45. The molecule has 0 aromatic carbocycles. The van der Waals surface area contributed by atoms with E-state index in [1.807, 2.05) is 4.90 Å². The molecule has 10 nitrogen and oxygen atoms in total. The van der Waals surface area contributed by atoms with Crippen molar-refractivity contribution in [1.29, 1.82) is 0 Å². The molecule has 3 N–H and O–H groups in total. The Morgan fingerprint density at radius 2 is 2.13 bits per heavy atom. The Morgan fingerprint density at radius 1 is 1.35 bits per heavy atom. The number of hydrogen-bond acceptors (Lipinski definition) is 8. The van der Waals surface area contributed by atoms with Crippen molar-refractivity contribution in [3.8, 4) is 5.88 Å². The largest absolute Gasteiger partial charge is 0.481 e. The van der Waals surface area contributed by atoms with Gasteiger partial charge >= 0.3 is 0 Å². The molecular formula is C20H24N5O5P. The van der Waals surface area contributed by atoms with E-state index in [1.54, 1.807) is 18.3 Å². The first-order chi connectivity index (χ1) is 15.0. The molecule has 4 heterocycles. The van der Waals surface area contributed by atoms with Crippen LogP contribution in [0.1, 0.15) is 29.6 Å². The van der Waals surface area contributed by atoms with Crippen molar-refractivity contribution in [3.05, 3.63) is 46.6 Å². The number of aromatic nitrogens is 4. The summed E-state index contributed by atoms with van der Waals surface area (Å²) in [5.41, 5.74) is -0.187. The Labute approximate surface area is 179 Å². The summed E-state index contributed by atoms with van der Waals surface area (Å²) in [6.45, 7) is 1.34. The molecule has 3 aromatic rings. The van der Waals surface area contributed by atoms with Crippen molar-refractivity contribution in [3.63, 3.8) is 0 Å². The first kappa shape index (κ1) is 21.4. The van der Waals surface area contributed by atoms with Crippen LogP contribution >= 0.6 is 8.38 Å². The van der Waals surface area contributed by atoms with Crippen molar-refractivity contribution >= 4 is 30.9 Å². The smallest absolute Gasteiger partial charge is 0.285 e. The number of fused-ring (bicyclic) bond motifs is 1. The second-order valence-electron chi connectivity index (χ2n) is 7.53. The number of piperidine rings is 1. The van der Waals surface area contributed by atoms with Gasteiger partial charge in [-0.15, -0.1) is 0 Å². The van der Waals surface area contributed by atoms with Crippen LogP contribution in [0.5, 0.6) is 5.88 Å². The molecule has 1 aliphatic heterocycles. The lowest BCUT2D eigenvalue weighted by molar-refractivity contribution is 0.0940. The standard InChI is InChI=1S/C20H24N5O5P/c1-30-16-10-15-12-22-25(19(26)14-2-6-21-11-14)20(27)17(15)18(23-16)24-7-3-13(4-8-24)5-9-31(28)29/h2,6,10-13,21,28-29H,3-5,7-9H2,1H3. The third-order valence-corrected chi connectivity index (χ3v) is 6.28. The van der Waals surface area contributed by atoms with Gasteiger partial charge in [-0.05, 0) is 31.2 Å². The zero-order chi connectivity index (χ0) is 22.0. The molecular weight excluding hydrogens is 421 g/mol. The molecule has 0 spiro atoms. The van der Waals surface area contributed by atoms with Crippen LogP contribution in [-0.2, 0) is 0 Å². The number of rotatable bonds is 6. The van der Waals surface area contributed by atoms with Crippen molar-refractivity contribution in [1.82, 2.24) is 19.7 Å². The van der Waals surface area contributed by atoms with Gasteiger partial charge in [0.1, 0.15) is 5.82 Å². The quantitative estimate of drug-likeness (QED) is 0.489. The Morgan fingerprint density at radius 3 is 2.77 bits per heavy atom. The van der Waals surface area contributed by atoms with Gasteiger partial charge in [-0.3, -0.25) is 9.59 Å². The summed E-state index contributed by atoms with van der Waals surface area (Å²) >= 11 is 0. The summed E-state index contributed by atoms with van der Waals surface area (Å²) in [5, 5.41) is 4.95. The van der Waals surface area contributed by atoms with E-state index in [9.17, 15) is 19.4 Å². The molecule has 11 heteroatoms. The molecule has 164 valence electrons. The molecule has 0 bridgehead atoms. The minimum atomic E-state index is -1.87. The Kier molecular flexibility index (Phi) is 6.31. The molecule has 0 amide bonds. The molecule has 1 aliphatic rings. The number of H-pyrrole nitrogens is 1. The van der Waals surface area contributed by atoms with Crippen molar-refractivity contribution in [2.45, 2.75) is 19.3 Å². The summed E-state index contributed by atoms with van der Waals surface area (Å²) in [5.74, 6) is 0.721. The molecule has 4 rings (SSSR count). The summed E-state index contributed by atoms with van der Waals surface area (Å²) < 4.78 is 6.18. The molecule has 0 atom stereocenters. The van der Waals surface area contributed by atoms with Gasteiger partial charge in [-0.2, -0.15) is 14.8 Å². The summed E-state index contributed by atoms with van der Waals surface area (Å²) in [6, 6.07) is 3.22. The van der Waals surface area contributed by atoms with Crippen LogP contribution in [0.2, 0.25) is 0 Å². The fraction of sp³-hybridized carbons (Fsp3) is 0.400. The van der Waals surface area contributed by atoms with Gasteiger partial charge in [0, 0.05) is 43.1 Å². The molecule has 3 aromatic heterocycles. The van der Waals surface area contributed by atoms with Crippen molar-refractivity contribution in [2.24, 2.45) is 5.92 Å². The average Bonchev–Trinajstić information content (AvgIpc) is 3.32. The van der Waals surface area contributed by atoms with Gasteiger partial charge in [-0.25, -0.2) is 0 Å². The minimum absolute atomic E-state index is 0.326. The molecule has 0 unspecified atom stereocenters. The number of ether oxygens (including phenoxy) is 1. The van der Waals surface area contributed by atoms with E-state index >= 15 is 0 Å². The zero-order valence-electron chi connectivity index (χ0n) is 17.1. The zero-order valence-corrected chi connectivity index (χ0v) is 18.0. The SMILES string of the molecule is COc1cc2cnn(C(=O)c3cc[nH]c3)c(=O)c2c(N2CCC(CCP(O)O)CC2)n1. The number of pyridine rings is 1. The average molecular weight is 445 g/mol. The molecule has 0 radical (unpaired) electrons. The van der Waals surface area contributed by atoms with E-state index in [2.05, 4.69) is 15.1 Å². The van der Waals surface area contributed by atoms with E-state index in [0.29, 0.717) is 53.2 Å². The van der Waals surface area contributed by atoms with E-state index in [-0.39, 0.29) is 0 Å². The number of carbonyl (C=O) groups excluding carboxylic acids is 1. The van der Waals surface area contributed by atoms with Crippen LogP contribution in [0, 0.1) is 5.92 Å². The maximum atomic E-state index is 13.3. The lowest BCUT2D eigenvalue weighted by Crippen LogP contribution is -2.36. The van der Waals surface area contributed by atoms with Gasteiger partial charge in [0.05, 0.1) is 24.3 Å². The third-order valence-electron chi connectivity index (χ3n) is 5.62. The monoisotopic (exact) mass is 445 g/mol. The van der Waals surface area contributed by atoms with E-state index in [1.165, 1.54) is 19.5 Å². The highest BCUT2D eigenvalue weighted by Crippen LogP contribution is 2.33. The summed E-state index contributed by atoms with van der Waals surface area (Å²) in [4.78, 5) is 53.7. The molecule has 0 aliphatic carbocycles. The van der Waals surface area contributed by atoms with Gasteiger partial charge < -0.3 is 24.4 Å². The molecule has 1 fully saturated rings. The van der Waals surface area contributed by atoms with E-state index in [0.717, 1.165) is 23.9 Å². The summed E-state index contributed by atoms with van der Waals surface area (Å²) in [6.07, 6.45) is 7.49. The van der Waals surface area contributed by atoms with E-state index in [4.69, 9.17) is 4.74 Å². The second kappa shape index (κ2) is 9.13. The molecule has 0 saturated carbocycles. The number of hydrogen-bond donors (Lipinski definition) is 3. The van der Waals surface area contributed by atoms with Crippen LogP contribution in [0.4, 0.5) is 5.82 Å². The number of anilines is 1. The van der Waals surface area contributed by atoms with Gasteiger partial charge in [-0.1, -0.05) is 0 Å². The number of aromatic amines is 1. The normalized spacial score (nSPS) is 15.0. The van der Waals surface area contributed by atoms with Crippen LogP contribution in [-0.4, -0.2) is 61.8 Å². The number of nitrogens with zero attached hydrogens (tertiary/aromatic N) is 4. The first-order valence-electron chi connectivity index (χ1n) is 10.0. The second-order valence-corrected chi connectivity index (χ2v) is 8.73. The van der Waals surface area contributed by atoms with Crippen molar-refractivity contribution in [2.75, 3.05) is 31.3 Å². The Hall–Kier alpha value is -2.81. The Balaban J connectivity index is 1.70. The van der Waals surface area contributed by atoms with Crippen LogP contribution < -0.4 is 15.2 Å². The summed E-state index contributed by atoms with van der Waals surface area (Å²) in [7, 11) is -0.358. The number of nitrogens with one attached hydrogen (secondary N) is 1. The minimum Gasteiger partial charge on any atom is -0.481 e. The topological polar surface area (TPSA) is 134 Å². The number of carbonyl (C=O) groups is 1. The van der Waals surface area contributed by atoms with Crippen LogP contribution in [0.3, 0.4) is 0 Å². The van der Waals surface area contributed by atoms with Crippen LogP contribution in [0.15, 0.2) is 35.5 Å². The Bertz CT molecular complexity index is 1120. The number of methoxy groups -OCH3 is 1. The molecule has 1 saturated heterocycles. The van der Waals surface area contributed by atoms with E-state index < -0.39 is 19.8 Å². The third kappa shape index (κ3) is 4.46. The predicted octanol–water partition coefficient (Wildman–Crippen LogP) is 1.72. The highest BCUT2D eigenvalue weighted by Gasteiger charge is 2.25. The molecule has 31 heavy (non-hydrogen) atoms. The maximum Gasteiger partial charge on any atom is 0.285 e. The van der Waals surface area contributed by atoms with Gasteiger partial charge in [0.2, 0.25) is 5.88 Å². The highest BCUT2D eigenvalue weighted by atomic mass is 31.2. The lowest BCUT2D eigenvalue weighted by atomic mass is 9.94. The predicted molar refractivity (Wildman–Crippen MR) is 117 cm³/mol. The van der Waals surface area contributed by atoms with Gasteiger partial charge in [0.15, 0.2) is 8.38 Å². The fourth-order valence-electron chi connectivity index (χ4n) is 3.91. The van der Waals surface area contributed by atoms with Crippen LogP contribution in [0.25, 0.3) is 10.8 Å². The maximum absolute atomic E-state index is 13.3. The van der Waals surface area contributed by atoms with Gasteiger partial charge in [0.25, 0.3) is 11.5 Å². The first-order valence-corrected chi connectivity index (χ1v) is 11.5. The fourth-order valence-corrected chi connectivity index (χ4v) is 4.51. The lowest BCUT2D eigenvalue weighted by Gasteiger charge is -2.33. The van der Waals surface area contributed by atoms with Crippen molar-refractivity contribution < 1.29 is 19.3 Å².